The van der Waals surface area contributed by atoms with Crippen molar-refractivity contribution >= 4 is 34.4 Å². The molecule has 0 saturated carbocycles. The number of rotatable bonds is 13. The molecule has 7 rings (SSSR count). The highest BCUT2D eigenvalue weighted by atomic mass is 35.5. The molecule has 6 aromatic rings. The number of benzene rings is 5. The van der Waals surface area contributed by atoms with Crippen molar-refractivity contribution < 1.29 is 32.2 Å². The van der Waals surface area contributed by atoms with E-state index in [1.54, 1.807) is 30.4 Å². The molecule has 1 aliphatic rings. The van der Waals surface area contributed by atoms with Crippen LogP contribution in [0.15, 0.2) is 128 Å². The minimum atomic E-state index is -4.39. The van der Waals surface area contributed by atoms with Crippen LogP contribution in [0, 0.1) is 6.92 Å². The highest BCUT2D eigenvalue weighted by Gasteiger charge is 2.30. The SMILES string of the molecule is Cc1cc(/C=C/C(=O)N2CCN(Cc3ccc(CCOc4ccc5ccccc5c4)cc3)CC2)cc(Cl)c1Oc1ccc(OCc2ccc(C(F)(F)F)cc2)cn1. The van der Waals surface area contributed by atoms with Gasteiger partial charge in [-0.15, -0.1) is 0 Å². The molecular weight excluding hydrogens is 751 g/mol. The summed E-state index contributed by atoms with van der Waals surface area (Å²) in [5, 5.41) is 2.74. The largest absolute Gasteiger partial charge is 0.493 e. The number of hydrogen-bond acceptors (Lipinski definition) is 6. The molecule has 0 aliphatic carbocycles. The maximum Gasteiger partial charge on any atom is 0.416 e. The summed E-state index contributed by atoms with van der Waals surface area (Å²) in [6, 6.07) is 34.8. The molecule has 1 saturated heterocycles. The van der Waals surface area contributed by atoms with Gasteiger partial charge in [0, 0.05) is 51.3 Å². The Kier molecular flexibility index (Phi) is 12.4. The maximum atomic E-state index is 13.1. The first kappa shape index (κ1) is 39.4. The summed E-state index contributed by atoms with van der Waals surface area (Å²) in [6.07, 6.45) is 1.24. The maximum absolute atomic E-state index is 13.1. The molecule has 0 atom stereocenters. The Morgan fingerprint density at radius 1 is 0.789 bits per heavy atom. The number of piperazine rings is 1. The second kappa shape index (κ2) is 18.0. The van der Waals surface area contributed by atoms with Crippen LogP contribution in [0.25, 0.3) is 16.8 Å². The van der Waals surface area contributed by atoms with Crippen LogP contribution >= 0.6 is 11.6 Å². The van der Waals surface area contributed by atoms with Crippen molar-refractivity contribution in [3.8, 4) is 23.1 Å². The lowest BCUT2D eigenvalue weighted by molar-refractivity contribution is -0.137. The number of halogens is 4. The summed E-state index contributed by atoms with van der Waals surface area (Å²) in [5.74, 6) is 1.98. The first-order valence-corrected chi connectivity index (χ1v) is 19.1. The second-order valence-corrected chi connectivity index (χ2v) is 14.3. The number of carbonyl (C=O) groups is 1. The molecule has 0 bridgehead atoms. The molecule has 0 N–H and O–H groups in total. The number of ether oxygens (including phenoxy) is 3. The van der Waals surface area contributed by atoms with Crippen molar-refractivity contribution in [2.24, 2.45) is 0 Å². The molecule has 7 nitrogen and oxygen atoms in total. The Balaban J connectivity index is 0.833. The monoisotopic (exact) mass is 791 g/mol. The van der Waals surface area contributed by atoms with Crippen LogP contribution in [0.5, 0.6) is 23.1 Å². The Morgan fingerprint density at radius 3 is 2.19 bits per heavy atom. The molecule has 0 unspecified atom stereocenters. The first-order chi connectivity index (χ1) is 27.6. The molecule has 0 spiro atoms. The predicted octanol–water partition coefficient (Wildman–Crippen LogP) is 10.6. The van der Waals surface area contributed by atoms with Gasteiger partial charge < -0.3 is 19.1 Å². The molecule has 0 radical (unpaired) electrons. The van der Waals surface area contributed by atoms with Gasteiger partial charge in [-0.25, -0.2) is 4.98 Å². The molecule has 1 aliphatic heterocycles. The number of aryl methyl sites for hydroxylation is 1. The lowest BCUT2D eigenvalue weighted by Gasteiger charge is -2.34. The van der Waals surface area contributed by atoms with Crippen LogP contribution < -0.4 is 14.2 Å². The Bertz CT molecular complexity index is 2300. The minimum absolute atomic E-state index is 0.0520. The fourth-order valence-corrected chi connectivity index (χ4v) is 6.88. The number of nitrogens with zero attached hydrogens (tertiary/aromatic N) is 3. The summed E-state index contributed by atoms with van der Waals surface area (Å²) in [6.45, 7) is 6.25. The van der Waals surface area contributed by atoms with Crippen LogP contribution in [0.3, 0.4) is 0 Å². The van der Waals surface area contributed by atoms with E-state index in [0.717, 1.165) is 55.1 Å². The van der Waals surface area contributed by atoms with Gasteiger partial charge in [0.05, 0.1) is 23.4 Å². The highest BCUT2D eigenvalue weighted by molar-refractivity contribution is 6.32. The van der Waals surface area contributed by atoms with Crippen molar-refractivity contribution in [2.45, 2.75) is 32.7 Å². The summed E-state index contributed by atoms with van der Waals surface area (Å²) in [5.41, 5.74) is 3.88. The molecule has 5 aromatic carbocycles. The Labute approximate surface area is 334 Å². The molecular formula is C46H41ClF3N3O4. The Morgan fingerprint density at radius 2 is 1.49 bits per heavy atom. The topological polar surface area (TPSA) is 64.1 Å². The second-order valence-electron chi connectivity index (χ2n) is 13.9. The normalized spacial score (nSPS) is 13.6. The van der Waals surface area contributed by atoms with Gasteiger partial charge in [0.25, 0.3) is 0 Å². The molecule has 1 aromatic heterocycles. The number of fused-ring (bicyclic) bond motifs is 1. The van der Waals surface area contributed by atoms with Gasteiger partial charge >= 0.3 is 6.18 Å². The average molecular weight is 792 g/mol. The fourth-order valence-electron chi connectivity index (χ4n) is 6.57. The predicted molar refractivity (Wildman–Crippen MR) is 217 cm³/mol. The number of pyridine rings is 1. The molecule has 1 fully saturated rings. The van der Waals surface area contributed by atoms with Gasteiger partial charge in [0.1, 0.15) is 18.1 Å². The van der Waals surface area contributed by atoms with Crippen molar-refractivity contribution in [1.29, 1.82) is 0 Å². The lowest BCUT2D eigenvalue weighted by Crippen LogP contribution is -2.47. The van der Waals surface area contributed by atoms with E-state index in [9.17, 15) is 18.0 Å². The van der Waals surface area contributed by atoms with Crippen molar-refractivity contribution in [2.75, 3.05) is 32.8 Å². The zero-order chi connectivity index (χ0) is 39.8. The molecule has 2 heterocycles. The van der Waals surface area contributed by atoms with Crippen LogP contribution in [0.4, 0.5) is 13.2 Å². The summed E-state index contributed by atoms with van der Waals surface area (Å²) in [7, 11) is 0. The number of aromatic nitrogens is 1. The van der Waals surface area contributed by atoms with Crippen LogP contribution in [-0.4, -0.2) is 53.5 Å². The van der Waals surface area contributed by atoms with Crippen LogP contribution in [0.2, 0.25) is 5.02 Å². The van der Waals surface area contributed by atoms with Gasteiger partial charge in [0.15, 0.2) is 5.75 Å². The zero-order valence-electron chi connectivity index (χ0n) is 31.3. The van der Waals surface area contributed by atoms with Gasteiger partial charge in [-0.3, -0.25) is 9.69 Å². The van der Waals surface area contributed by atoms with Crippen LogP contribution in [-0.2, 0) is 30.5 Å². The van der Waals surface area contributed by atoms with E-state index in [0.29, 0.717) is 41.8 Å². The van der Waals surface area contributed by atoms with E-state index in [1.807, 2.05) is 36.1 Å². The van der Waals surface area contributed by atoms with E-state index in [2.05, 4.69) is 58.4 Å². The first-order valence-electron chi connectivity index (χ1n) is 18.7. The summed E-state index contributed by atoms with van der Waals surface area (Å²) >= 11 is 6.60. The van der Waals surface area contributed by atoms with Crippen molar-refractivity contribution in [3.63, 3.8) is 0 Å². The third-order valence-corrected chi connectivity index (χ3v) is 10.0. The van der Waals surface area contributed by atoms with Gasteiger partial charge in [0.2, 0.25) is 11.8 Å². The van der Waals surface area contributed by atoms with Crippen molar-refractivity contribution in [1.82, 2.24) is 14.8 Å². The zero-order valence-corrected chi connectivity index (χ0v) is 32.1. The van der Waals surface area contributed by atoms with Gasteiger partial charge in [-0.2, -0.15) is 13.2 Å². The lowest BCUT2D eigenvalue weighted by atomic mass is 10.1. The van der Waals surface area contributed by atoms with Crippen LogP contribution in [0.1, 0.15) is 33.4 Å². The van der Waals surface area contributed by atoms with Gasteiger partial charge in [-0.1, -0.05) is 78.3 Å². The summed E-state index contributed by atoms with van der Waals surface area (Å²) < 4.78 is 56.1. The molecule has 292 valence electrons. The van der Waals surface area contributed by atoms with E-state index in [-0.39, 0.29) is 18.4 Å². The van der Waals surface area contributed by atoms with E-state index in [4.69, 9.17) is 25.8 Å². The third-order valence-electron chi connectivity index (χ3n) is 9.77. The minimum Gasteiger partial charge on any atom is -0.493 e. The van der Waals surface area contributed by atoms with E-state index in [1.165, 1.54) is 40.2 Å². The van der Waals surface area contributed by atoms with E-state index >= 15 is 0 Å². The summed E-state index contributed by atoms with van der Waals surface area (Å²) in [4.78, 5) is 21.6. The molecule has 11 heteroatoms. The average Bonchev–Trinajstić information content (AvgIpc) is 3.21. The fraction of sp³-hybridized carbons (Fsp3) is 0.217. The number of alkyl halides is 3. The molecule has 57 heavy (non-hydrogen) atoms. The standard InChI is InChI=1S/C46H41ClF3N3O4/c1-32-26-36(27-42(47)45(32)57-43-18-17-41(29-51-43)56-31-35-10-14-39(15-11-35)46(48,49)50)12-19-44(54)53-23-21-52(22-24-53)30-34-8-6-33(7-9-34)20-25-55-40-16-13-37-4-2-3-5-38(37)28-40/h2-19,26-29H,20-25,30-31H2,1H3/b19-12+. The molecule has 1 amide bonds. The van der Waals surface area contributed by atoms with E-state index < -0.39 is 11.7 Å². The number of amides is 1. The van der Waals surface area contributed by atoms with Crippen molar-refractivity contribution in [3.05, 3.63) is 166 Å². The third kappa shape index (κ3) is 10.7. The smallest absolute Gasteiger partial charge is 0.416 e. The number of carbonyl (C=O) groups excluding carboxylic acids is 1. The number of hydrogen-bond donors (Lipinski definition) is 0. The van der Waals surface area contributed by atoms with Gasteiger partial charge in [-0.05, 0) is 94.1 Å². The Hall–Kier alpha value is -5.84. The highest BCUT2D eigenvalue weighted by Crippen LogP contribution is 2.34. The quantitative estimate of drug-likeness (QED) is 0.109.